The predicted octanol–water partition coefficient (Wildman–Crippen LogP) is 2.24. The molecule has 0 aliphatic rings. The van der Waals surface area contributed by atoms with Crippen LogP contribution < -0.4 is 4.72 Å². The second-order valence-corrected chi connectivity index (χ2v) is 8.01. The Kier molecular flexibility index (Phi) is 6.08. The van der Waals surface area contributed by atoms with Crippen LogP contribution in [-0.2, 0) is 27.8 Å². The number of esters is 1. The van der Waals surface area contributed by atoms with E-state index in [2.05, 4.69) is 19.5 Å². The summed E-state index contributed by atoms with van der Waals surface area (Å²) in [6.07, 6.45) is 3.09. The van der Waals surface area contributed by atoms with E-state index in [-0.39, 0.29) is 22.0 Å². The molecule has 0 bridgehead atoms. The van der Waals surface area contributed by atoms with Crippen molar-refractivity contribution in [1.29, 1.82) is 0 Å². The second-order valence-electron chi connectivity index (χ2n) is 5.87. The van der Waals surface area contributed by atoms with Crippen molar-refractivity contribution in [2.24, 2.45) is 0 Å². The molecule has 3 rings (SSSR count). The molecule has 146 valence electrons. The van der Waals surface area contributed by atoms with Gasteiger partial charge in [-0.3, -0.25) is 0 Å². The van der Waals surface area contributed by atoms with Gasteiger partial charge in [0.25, 0.3) is 0 Å². The van der Waals surface area contributed by atoms with Crippen LogP contribution in [0.25, 0.3) is 0 Å². The topological polar surface area (TPSA) is 103 Å². The first kappa shape index (κ1) is 20.0. The van der Waals surface area contributed by atoms with Gasteiger partial charge in [0.2, 0.25) is 10.0 Å². The summed E-state index contributed by atoms with van der Waals surface area (Å²) in [6.45, 7) is 0.676. The number of carbonyl (C=O) groups is 1. The van der Waals surface area contributed by atoms with Gasteiger partial charge in [0.1, 0.15) is 17.6 Å². The molecule has 0 aliphatic heterocycles. The molecule has 0 amide bonds. The molecule has 0 saturated carbocycles. The van der Waals surface area contributed by atoms with Crippen LogP contribution >= 0.6 is 11.6 Å². The van der Waals surface area contributed by atoms with Crippen molar-refractivity contribution in [3.63, 3.8) is 0 Å². The lowest BCUT2D eigenvalue weighted by Gasteiger charge is -2.10. The third kappa shape index (κ3) is 4.75. The maximum absolute atomic E-state index is 12.5. The number of nitrogens with one attached hydrogen (secondary N) is 1. The van der Waals surface area contributed by atoms with E-state index in [1.165, 1.54) is 31.6 Å². The molecule has 0 aliphatic carbocycles. The monoisotopic (exact) mass is 420 g/mol. The van der Waals surface area contributed by atoms with Gasteiger partial charge in [-0.15, -0.1) is 0 Å². The number of carbonyl (C=O) groups excluding carboxylic acids is 1. The number of sulfonamides is 1. The van der Waals surface area contributed by atoms with Gasteiger partial charge < -0.3 is 4.74 Å². The number of aromatic nitrogens is 3. The summed E-state index contributed by atoms with van der Waals surface area (Å²) in [6, 6.07) is 11.3. The minimum Gasteiger partial charge on any atom is -0.465 e. The molecule has 0 unspecified atom stereocenters. The average Bonchev–Trinajstić information content (AvgIpc) is 3.19. The highest BCUT2D eigenvalue weighted by atomic mass is 35.5. The van der Waals surface area contributed by atoms with Crippen LogP contribution in [0.3, 0.4) is 0 Å². The summed E-state index contributed by atoms with van der Waals surface area (Å²) in [4.78, 5) is 15.3. The SMILES string of the molecule is COC(=O)c1ccc(S(=O)(=O)NCc2ccc(Cn3cncn3)cc2)c(Cl)c1. The molecule has 0 atom stereocenters. The molecule has 1 N–H and O–H groups in total. The Morgan fingerprint density at radius 1 is 1.18 bits per heavy atom. The van der Waals surface area contributed by atoms with Gasteiger partial charge in [-0.25, -0.2) is 27.6 Å². The van der Waals surface area contributed by atoms with Crippen LogP contribution in [0.5, 0.6) is 0 Å². The van der Waals surface area contributed by atoms with Gasteiger partial charge in [0, 0.05) is 6.54 Å². The highest BCUT2D eigenvalue weighted by Crippen LogP contribution is 2.23. The second kappa shape index (κ2) is 8.51. The fourth-order valence-corrected chi connectivity index (χ4v) is 4.04. The molecule has 0 saturated heterocycles. The summed E-state index contributed by atoms with van der Waals surface area (Å²) >= 11 is 6.04. The Balaban J connectivity index is 1.67. The number of ether oxygens (including phenoxy) is 1. The summed E-state index contributed by atoms with van der Waals surface area (Å²) in [5.41, 5.74) is 1.97. The maximum Gasteiger partial charge on any atom is 0.337 e. The molecule has 0 radical (unpaired) electrons. The smallest absolute Gasteiger partial charge is 0.337 e. The Hall–Kier alpha value is -2.75. The first-order valence-electron chi connectivity index (χ1n) is 8.17. The minimum atomic E-state index is -3.85. The van der Waals surface area contributed by atoms with Crippen molar-refractivity contribution in [1.82, 2.24) is 19.5 Å². The van der Waals surface area contributed by atoms with Crippen molar-refractivity contribution in [2.45, 2.75) is 18.0 Å². The zero-order chi connectivity index (χ0) is 20.1. The molecular formula is C18H17ClN4O4S. The number of hydrogen-bond acceptors (Lipinski definition) is 6. The molecule has 1 aromatic heterocycles. The third-order valence-electron chi connectivity index (χ3n) is 3.94. The average molecular weight is 421 g/mol. The molecule has 0 fully saturated rings. The van der Waals surface area contributed by atoms with Gasteiger partial charge in [0.15, 0.2) is 0 Å². The lowest BCUT2D eigenvalue weighted by Crippen LogP contribution is -2.23. The zero-order valence-electron chi connectivity index (χ0n) is 14.9. The number of benzene rings is 2. The van der Waals surface area contributed by atoms with Crippen LogP contribution in [0.15, 0.2) is 60.0 Å². The van der Waals surface area contributed by atoms with Gasteiger partial charge in [-0.2, -0.15) is 5.10 Å². The maximum atomic E-state index is 12.5. The van der Waals surface area contributed by atoms with Crippen molar-refractivity contribution in [2.75, 3.05) is 7.11 Å². The molecule has 1 heterocycles. The summed E-state index contributed by atoms with van der Waals surface area (Å²) in [5.74, 6) is -0.593. The minimum absolute atomic E-state index is 0.0569. The fraction of sp³-hybridized carbons (Fsp3) is 0.167. The normalized spacial score (nSPS) is 11.4. The first-order chi connectivity index (χ1) is 13.4. The molecule has 3 aromatic rings. The van der Waals surface area contributed by atoms with Crippen LogP contribution in [0.2, 0.25) is 5.02 Å². The number of hydrogen-bond donors (Lipinski definition) is 1. The lowest BCUT2D eigenvalue weighted by atomic mass is 10.1. The number of nitrogens with zero attached hydrogens (tertiary/aromatic N) is 3. The van der Waals surface area contributed by atoms with Crippen molar-refractivity contribution < 1.29 is 17.9 Å². The summed E-state index contributed by atoms with van der Waals surface area (Å²) in [7, 11) is -2.61. The first-order valence-corrected chi connectivity index (χ1v) is 10.0. The standard InChI is InChI=1S/C18H17ClN4O4S/c1-27-18(24)15-6-7-17(16(19)8-15)28(25,26)22-9-13-2-4-14(5-3-13)10-23-12-20-11-21-23/h2-8,11-12,22H,9-10H2,1H3. The Bertz CT molecular complexity index is 1070. The Morgan fingerprint density at radius 2 is 1.89 bits per heavy atom. The third-order valence-corrected chi connectivity index (χ3v) is 5.83. The molecule has 2 aromatic carbocycles. The van der Waals surface area contributed by atoms with Crippen molar-refractivity contribution in [3.05, 3.63) is 76.8 Å². The highest BCUT2D eigenvalue weighted by molar-refractivity contribution is 7.89. The molecule has 10 heteroatoms. The van der Waals surface area contributed by atoms with E-state index in [9.17, 15) is 13.2 Å². The number of rotatable bonds is 7. The predicted molar refractivity (Wildman–Crippen MR) is 102 cm³/mol. The molecule has 28 heavy (non-hydrogen) atoms. The van der Waals surface area contributed by atoms with Crippen molar-refractivity contribution in [3.8, 4) is 0 Å². The summed E-state index contributed by atoms with van der Waals surface area (Å²) in [5, 5.41) is 3.98. The van der Waals surface area contributed by atoms with E-state index in [1.807, 2.05) is 24.3 Å². The molecule has 8 nitrogen and oxygen atoms in total. The fourth-order valence-electron chi connectivity index (χ4n) is 2.48. The van der Waals surface area contributed by atoms with Crippen LogP contribution in [0.1, 0.15) is 21.5 Å². The van der Waals surface area contributed by atoms with Crippen LogP contribution in [-0.4, -0.2) is 36.3 Å². The number of methoxy groups -OCH3 is 1. The largest absolute Gasteiger partial charge is 0.465 e. The highest BCUT2D eigenvalue weighted by Gasteiger charge is 2.19. The zero-order valence-corrected chi connectivity index (χ0v) is 16.4. The van der Waals surface area contributed by atoms with E-state index < -0.39 is 16.0 Å². The number of halogens is 1. The Morgan fingerprint density at radius 3 is 2.50 bits per heavy atom. The van der Waals surface area contributed by atoms with Crippen LogP contribution in [0, 0.1) is 0 Å². The lowest BCUT2D eigenvalue weighted by molar-refractivity contribution is 0.0600. The van der Waals surface area contributed by atoms with E-state index in [1.54, 1.807) is 11.0 Å². The quantitative estimate of drug-likeness (QED) is 0.588. The van der Waals surface area contributed by atoms with Gasteiger partial charge >= 0.3 is 5.97 Å². The van der Waals surface area contributed by atoms with E-state index in [0.717, 1.165) is 11.1 Å². The molecular weight excluding hydrogens is 404 g/mol. The van der Waals surface area contributed by atoms with E-state index in [0.29, 0.717) is 6.54 Å². The van der Waals surface area contributed by atoms with E-state index in [4.69, 9.17) is 11.6 Å². The summed E-state index contributed by atoms with van der Waals surface area (Å²) < 4.78 is 33.8. The Labute approximate surface area is 167 Å². The van der Waals surface area contributed by atoms with Gasteiger partial charge in [-0.05, 0) is 29.3 Å². The van der Waals surface area contributed by atoms with Crippen LogP contribution in [0.4, 0.5) is 0 Å². The molecule has 0 spiro atoms. The van der Waals surface area contributed by atoms with Crippen molar-refractivity contribution >= 4 is 27.6 Å². The van der Waals surface area contributed by atoms with Gasteiger partial charge in [-0.1, -0.05) is 35.9 Å². The van der Waals surface area contributed by atoms with Gasteiger partial charge in [0.05, 0.1) is 24.2 Å². The van der Waals surface area contributed by atoms with E-state index >= 15 is 0 Å².